The number of benzene rings is 1. The number of amides is 3. The molecular formula is C23H26N4O3S. The third-order valence-electron chi connectivity index (χ3n) is 6.14. The fourth-order valence-electron chi connectivity index (χ4n) is 4.44. The number of likely N-dealkylation sites (tertiary alicyclic amines) is 1. The van der Waals surface area contributed by atoms with Crippen LogP contribution < -0.4 is 5.32 Å². The van der Waals surface area contributed by atoms with Gasteiger partial charge in [0.2, 0.25) is 5.91 Å². The minimum atomic E-state index is -0.118. The molecule has 1 N–H and O–H groups in total. The van der Waals surface area contributed by atoms with Gasteiger partial charge in [-0.05, 0) is 48.4 Å². The maximum Gasteiger partial charge on any atom is 0.317 e. The quantitative estimate of drug-likeness (QED) is 0.673. The van der Waals surface area contributed by atoms with Gasteiger partial charge in [0.15, 0.2) is 11.5 Å². The van der Waals surface area contributed by atoms with Gasteiger partial charge in [0.1, 0.15) is 5.52 Å². The molecule has 0 aliphatic carbocycles. The average Bonchev–Trinajstić information content (AvgIpc) is 3.45. The molecule has 1 aromatic carbocycles. The van der Waals surface area contributed by atoms with Crippen LogP contribution in [-0.2, 0) is 17.8 Å². The van der Waals surface area contributed by atoms with E-state index < -0.39 is 0 Å². The fourth-order valence-corrected chi connectivity index (χ4v) is 5.33. The average molecular weight is 439 g/mol. The van der Waals surface area contributed by atoms with Crippen molar-refractivity contribution in [3.05, 3.63) is 52.0 Å². The number of rotatable bonds is 4. The molecule has 31 heavy (non-hydrogen) atoms. The number of para-hydroxylation sites is 2. The SMILES string of the molecule is O=C(CCNC(=O)N1CCCC(c2nc3ccccc3o2)C1)N1CCc2sccc2C1. The van der Waals surface area contributed by atoms with Gasteiger partial charge >= 0.3 is 6.03 Å². The summed E-state index contributed by atoms with van der Waals surface area (Å²) in [6, 6.07) is 9.71. The van der Waals surface area contributed by atoms with Crippen molar-refractivity contribution in [1.29, 1.82) is 0 Å². The number of nitrogens with zero attached hydrogens (tertiary/aromatic N) is 3. The Morgan fingerprint density at radius 2 is 2.10 bits per heavy atom. The summed E-state index contributed by atoms with van der Waals surface area (Å²) in [6.07, 6.45) is 3.12. The first-order valence-electron chi connectivity index (χ1n) is 10.9. The normalized spacial score (nSPS) is 18.8. The molecule has 2 aliphatic rings. The molecule has 7 nitrogen and oxygen atoms in total. The van der Waals surface area contributed by atoms with E-state index in [1.165, 1.54) is 10.4 Å². The van der Waals surface area contributed by atoms with Crippen molar-refractivity contribution in [3.8, 4) is 0 Å². The summed E-state index contributed by atoms with van der Waals surface area (Å²) in [4.78, 5) is 34.9. The number of carbonyl (C=O) groups is 2. The number of thiophene rings is 1. The molecule has 5 rings (SSSR count). The molecule has 3 amide bonds. The van der Waals surface area contributed by atoms with Gasteiger partial charge in [-0.2, -0.15) is 0 Å². The number of hydrogen-bond donors (Lipinski definition) is 1. The lowest BCUT2D eigenvalue weighted by Crippen LogP contribution is -2.46. The van der Waals surface area contributed by atoms with Crippen LogP contribution >= 0.6 is 11.3 Å². The number of piperidine rings is 1. The smallest absolute Gasteiger partial charge is 0.317 e. The summed E-state index contributed by atoms with van der Waals surface area (Å²) >= 11 is 1.76. The molecule has 3 aromatic rings. The maximum absolute atomic E-state index is 12.7. The molecule has 2 aliphatic heterocycles. The second kappa shape index (κ2) is 8.70. The van der Waals surface area contributed by atoms with E-state index in [4.69, 9.17) is 4.42 Å². The standard InChI is InChI=1S/C23H26N4O3S/c28-21(26-12-8-20-16(14-26)9-13-31-20)7-10-24-23(29)27-11-3-4-17(15-27)22-25-18-5-1-2-6-19(18)30-22/h1-2,5-6,9,13,17H,3-4,7-8,10-12,14-15H2,(H,24,29). The third kappa shape index (κ3) is 4.30. The largest absolute Gasteiger partial charge is 0.440 e. The molecule has 8 heteroatoms. The Balaban J connectivity index is 1.11. The molecule has 0 saturated carbocycles. The summed E-state index contributed by atoms with van der Waals surface area (Å²) in [6.45, 7) is 3.10. The van der Waals surface area contributed by atoms with Crippen LogP contribution in [0.2, 0.25) is 0 Å². The molecule has 1 atom stereocenters. The number of urea groups is 1. The number of nitrogens with one attached hydrogen (secondary N) is 1. The Hall–Kier alpha value is -2.87. The van der Waals surface area contributed by atoms with Crippen LogP contribution in [0.25, 0.3) is 11.1 Å². The van der Waals surface area contributed by atoms with Crippen LogP contribution in [0.1, 0.15) is 41.5 Å². The highest BCUT2D eigenvalue weighted by Crippen LogP contribution is 2.29. The summed E-state index contributed by atoms with van der Waals surface area (Å²) in [7, 11) is 0. The van der Waals surface area contributed by atoms with Crippen molar-refractivity contribution < 1.29 is 14.0 Å². The number of oxazole rings is 1. The molecule has 0 radical (unpaired) electrons. The molecular weight excluding hydrogens is 412 g/mol. The van der Waals surface area contributed by atoms with E-state index in [1.54, 1.807) is 11.3 Å². The summed E-state index contributed by atoms with van der Waals surface area (Å²) in [5, 5.41) is 5.01. The summed E-state index contributed by atoms with van der Waals surface area (Å²) in [5.74, 6) is 0.897. The van der Waals surface area contributed by atoms with E-state index in [2.05, 4.69) is 21.7 Å². The minimum absolute atomic E-state index is 0.0974. The van der Waals surface area contributed by atoms with Gasteiger partial charge in [0.25, 0.3) is 0 Å². The molecule has 4 heterocycles. The molecule has 1 saturated heterocycles. The zero-order chi connectivity index (χ0) is 21.2. The van der Waals surface area contributed by atoms with Crippen LogP contribution in [-0.4, -0.2) is 52.9 Å². The summed E-state index contributed by atoms with van der Waals surface area (Å²) < 4.78 is 5.92. The Kier molecular flexibility index (Phi) is 5.63. The lowest BCUT2D eigenvalue weighted by atomic mass is 9.98. The molecule has 1 unspecified atom stereocenters. The van der Waals surface area contributed by atoms with Crippen LogP contribution in [0.5, 0.6) is 0 Å². The summed E-state index contributed by atoms with van der Waals surface area (Å²) in [5.41, 5.74) is 2.89. The van der Waals surface area contributed by atoms with Gasteiger partial charge in [0.05, 0.1) is 5.92 Å². The van der Waals surface area contributed by atoms with Crippen molar-refractivity contribution in [2.24, 2.45) is 0 Å². The highest BCUT2D eigenvalue weighted by molar-refractivity contribution is 7.10. The number of carbonyl (C=O) groups excluding carboxylic acids is 2. The van der Waals surface area contributed by atoms with Crippen LogP contribution in [0.15, 0.2) is 40.1 Å². The monoisotopic (exact) mass is 438 g/mol. The van der Waals surface area contributed by atoms with Crippen LogP contribution in [0.4, 0.5) is 4.79 Å². The predicted octanol–water partition coefficient (Wildman–Crippen LogP) is 3.75. The van der Waals surface area contributed by atoms with E-state index in [9.17, 15) is 9.59 Å². The lowest BCUT2D eigenvalue weighted by Gasteiger charge is -2.31. The van der Waals surface area contributed by atoms with Gasteiger partial charge in [-0.1, -0.05) is 12.1 Å². The van der Waals surface area contributed by atoms with Crippen molar-refractivity contribution in [3.63, 3.8) is 0 Å². The second-order valence-electron chi connectivity index (χ2n) is 8.22. The highest BCUT2D eigenvalue weighted by Gasteiger charge is 2.28. The molecule has 2 aromatic heterocycles. The topological polar surface area (TPSA) is 78.7 Å². The van der Waals surface area contributed by atoms with Gasteiger partial charge < -0.3 is 19.5 Å². The van der Waals surface area contributed by atoms with Crippen molar-refractivity contribution in [2.45, 2.75) is 38.1 Å². The minimum Gasteiger partial charge on any atom is -0.440 e. The van der Waals surface area contributed by atoms with Gasteiger partial charge in [-0.15, -0.1) is 11.3 Å². The van der Waals surface area contributed by atoms with Gasteiger partial charge in [-0.25, -0.2) is 9.78 Å². The van der Waals surface area contributed by atoms with Crippen molar-refractivity contribution in [2.75, 3.05) is 26.2 Å². The van der Waals surface area contributed by atoms with E-state index in [1.807, 2.05) is 34.1 Å². The van der Waals surface area contributed by atoms with Crippen molar-refractivity contribution in [1.82, 2.24) is 20.1 Å². The Labute approximate surface area is 185 Å². The van der Waals surface area contributed by atoms with Crippen LogP contribution in [0.3, 0.4) is 0 Å². The third-order valence-corrected chi connectivity index (χ3v) is 7.17. The Morgan fingerprint density at radius 3 is 3.00 bits per heavy atom. The first kappa shape index (κ1) is 20.1. The van der Waals surface area contributed by atoms with E-state index in [0.29, 0.717) is 38.5 Å². The first-order valence-corrected chi connectivity index (χ1v) is 11.8. The van der Waals surface area contributed by atoms with Crippen LogP contribution in [0, 0.1) is 0 Å². The first-order chi connectivity index (χ1) is 15.2. The molecule has 162 valence electrons. The lowest BCUT2D eigenvalue weighted by molar-refractivity contribution is -0.131. The van der Waals surface area contributed by atoms with Gasteiger partial charge in [0, 0.05) is 44.0 Å². The fraction of sp³-hybridized carbons (Fsp3) is 0.435. The van der Waals surface area contributed by atoms with E-state index >= 15 is 0 Å². The van der Waals surface area contributed by atoms with Gasteiger partial charge in [-0.3, -0.25) is 4.79 Å². The Bertz CT molecular complexity index is 1060. The zero-order valence-electron chi connectivity index (χ0n) is 17.4. The Morgan fingerprint density at radius 1 is 1.19 bits per heavy atom. The maximum atomic E-state index is 12.7. The molecule has 1 fully saturated rings. The highest BCUT2D eigenvalue weighted by atomic mass is 32.1. The number of hydrogen-bond acceptors (Lipinski definition) is 5. The zero-order valence-corrected chi connectivity index (χ0v) is 18.2. The molecule has 0 spiro atoms. The van der Waals surface area contributed by atoms with E-state index in [0.717, 1.165) is 36.9 Å². The second-order valence-corrected chi connectivity index (χ2v) is 9.22. The van der Waals surface area contributed by atoms with E-state index in [-0.39, 0.29) is 17.9 Å². The molecule has 0 bridgehead atoms. The number of fused-ring (bicyclic) bond motifs is 2. The van der Waals surface area contributed by atoms with Crippen molar-refractivity contribution >= 4 is 34.4 Å². The predicted molar refractivity (Wildman–Crippen MR) is 119 cm³/mol. The number of aromatic nitrogens is 1.